The first-order chi connectivity index (χ1) is 20.4. The molecule has 13 nitrogen and oxygen atoms in total. The largest absolute Gasteiger partial charge is 0.344 e. The number of hydrogen-bond acceptors (Lipinski definition) is 7. The Balaban J connectivity index is 1.60. The first-order valence-corrected chi connectivity index (χ1v) is 13.7. The molecule has 1 fully saturated rings. The Hall–Kier alpha value is -4.47. The lowest BCUT2D eigenvalue weighted by Gasteiger charge is -2.34. The van der Waals surface area contributed by atoms with Gasteiger partial charge < -0.3 is 36.1 Å². The van der Waals surface area contributed by atoms with E-state index < -0.39 is 48.6 Å². The van der Waals surface area contributed by atoms with Gasteiger partial charge in [-0.25, -0.2) is 18.2 Å². The summed E-state index contributed by atoms with van der Waals surface area (Å²) in [5.74, 6) is -4.23. The van der Waals surface area contributed by atoms with E-state index in [1.807, 2.05) is 12.4 Å². The maximum Gasteiger partial charge on any atom is 0.287 e. The lowest BCUT2D eigenvalue weighted by molar-refractivity contribution is -0.137. The first kappa shape index (κ1) is 33.0. The number of amides is 5. The van der Waals surface area contributed by atoms with Crippen molar-refractivity contribution in [2.24, 2.45) is 0 Å². The molecule has 0 spiro atoms. The van der Waals surface area contributed by atoms with E-state index in [1.54, 1.807) is 11.8 Å². The molecular weight excluding hydrogens is 573 g/mol. The van der Waals surface area contributed by atoms with E-state index in [9.17, 15) is 37.1 Å². The van der Waals surface area contributed by atoms with E-state index in [-0.39, 0.29) is 41.9 Å². The molecule has 234 valence electrons. The minimum atomic E-state index is -2.76. The van der Waals surface area contributed by atoms with Gasteiger partial charge in [0.15, 0.2) is 5.82 Å². The average molecular weight is 609 g/mol. The molecule has 3 rings (SSSR count). The van der Waals surface area contributed by atoms with Crippen LogP contribution in [0.1, 0.15) is 46.9 Å². The van der Waals surface area contributed by atoms with Gasteiger partial charge in [-0.2, -0.15) is 0 Å². The number of benzene rings is 1. The van der Waals surface area contributed by atoms with Crippen LogP contribution in [-0.2, 0) is 20.8 Å². The number of imidazole rings is 1. The molecule has 0 bridgehead atoms. The van der Waals surface area contributed by atoms with Crippen molar-refractivity contribution in [2.45, 2.75) is 45.2 Å². The molecule has 2 heterocycles. The van der Waals surface area contributed by atoms with E-state index in [4.69, 9.17) is 0 Å². The summed E-state index contributed by atoms with van der Waals surface area (Å²) in [6.07, 6.45) is -1.54. The fourth-order valence-electron chi connectivity index (χ4n) is 4.15. The summed E-state index contributed by atoms with van der Waals surface area (Å²) in [7, 11) is 1.95. The molecule has 0 saturated carbocycles. The fourth-order valence-corrected chi connectivity index (χ4v) is 4.15. The molecule has 1 aliphatic rings. The van der Waals surface area contributed by atoms with Gasteiger partial charge in [-0.3, -0.25) is 24.0 Å². The number of halogens is 3. The third-order valence-electron chi connectivity index (χ3n) is 6.69. The summed E-state index contributed by atoms with van der Waals surface area (Å²) in [4.78, 5) is 72.0. The van der Waals surface area contributed by atoms with Crippen molar-refractivity contribution in [3.05, 3.63) is 47.3 Å². The topological polar surface area (TPSA) is 169 Å². The maximum absolute atomic E-state index is 15.0. The van der Waals surface area contributed by atoms with E-state index in [0.29, 0.717) is 31.7 Å². The van der Waals surface area contributed by atoms with Gasteiger partial charge in [0.2, 0.25) is 17.7 Å². The number of carbonyl (C=O) groups excluding carboxylic acids is 5. The Morgan fingerprint density at radius 3 is 2.37 bits per heavy atom. The molecule has 0 unspecified atom stereocenters. The Bertz CT molecular complexity index is 1330. The summed E-state index contributed by atoms with van der Waals surface area (Å²) >= 11 is 0. The molecule has 1 aromatic heterocycles. The summed E-state index contributed by atoms with van der Waals surface area (Å²) < 4.78 is 39.5. The van der Waals surface area contributed by atoms with Crippen molar-refractivity contribution in [1.29, 1.82) is 0 Å². The van der Waals surface area contributed by atoms with Crippen molar-refractivity contribution in [2.75, 3.05) is 45.1 Å². The minimum absolute atomic E-state index is 0.0425. The zero-order valence-corrected chi connectivity index (χ0v) is 24.0. The highest BCUT2D eigenvalue weighted by Gasteiger charge is 2.28. The molecule has 2 atom stereocenters. The highest BCUT2D eigenvalue weighted by Crippen LogP contribution is 2.18. The zero-order chi connectivity index (χ0) is 31.7. The number of likely N-dealkylation sites (N-methyl/N-ethyl adjacent to an activating group) is 1. The number of alkyl halides is 2. The van der Waals surface area contributed by atoms with Crippen molar-refractivity contribution in [1.82, 2.24) is 35.7 Å². The van der Waals surface area contributed by atoms with Crippen LogP contribution in [0.2, 0.25) is 0 Å². The molecule has 43 heavy (non-hydrogen) atoms. The number of anilines is 1. The maximum atomic E-state index is 15.0. The van der Waals surface area contributed by atoms with E-state index in [0.717, 1.165) is 12.3 Å². The lowest BCUT2D eigenvalue weighted by atomic mass is 10.0. The van der Waals surface area contributed by atoms with Crippen molar-refractivity contribution in [3.63, 3.8) is 0 Å². The molecule has 0 radical (unpaired) electrons. The normalized spacial score (nSPS) is 15.0. The zero-order valence-electron chi connectivity index (χ0n) is 24.0. The molecular formula is C27H35F3N8O5. The van der Waals surface area contributed by atoms with Crippen LogP contribution in [-0.4, -0.2) is 108 Å². The smallest absolute Gasteiger partial charge is 0.287 e. The Kier molecular flexibility index (Phi) is 11.6. The van der Waals surface area contributed by atoms with Crippen LogP contribution in [0.5, 0.6) is 0 Å². The summed E-state index contributed by atoms with van der Waals surface area (Å²) in [6, 6.07) is 1.96. The predicted molar refractivity (Wildman–Crippen MR) is 149 cm³/mol. The number of carbonyl (C=O) groups is 5. The number of aromatic amines is 1. The lowest BCUT2D eigenvalue weighted by Crippen LogP contribution is -2.54. The summed E-state index contributed by atoms with van der Waals surface area (Å²) in [5.41, 5.74) is 0.0514. The standard InChI is InChI=1S/C27H35F3N8O5/c1-4-22(39)34-19(27(43)38-9-7-37(3)8-10-38)12-16-5-6-18(17(28)11-16)36-24(40)15(2)33-25(41)20-13-31-23(35-20)26(42)32-14-21(29)30/h5-6,11,13,15,19,21H,4,7-10,12,14H2,1-3H3,(H,31,35)(H,32,42)(H,33,41)(H,34,39)(H,36,40)/t15-,19+/m0/s1. The van der Waals surface area contributed by atoms with E-state index in [1.165, 1.54) is 19.1 Å². The van der Waals surface area contributed by atoms with Crippen molar-refractivity contribution in [3.8, 4) is 0 Å². The number of nitrogens with zero attached hydrogens (tertiary/aromatic N) is 3. The second-order valence-electron chi connectivity index (χ2n) is 10.1. The number of aromatic nitrogens is 2. The third kappa shape index (κ3) is 9.52. The number of hydrogen-bond donors (Lipinski definition) is 5. The van der Waals surface area contributed by atoms with Crippen LogP contribution in [0.4, 0.5) is 18.9 Å². The molecule has 0 aliphatic carbocycles. The monoisotopic (exact) mass is 608 g/mol. The van der Waals surface area contributed by atoms with Gasteiger partial charge in [0.1, 0.15) is 23.6 Å². The van der Waals surface area contributed by atoms with Gasteiger partial charge in [-0.15, -0.1) is 0 Å². The summed E-state index contributed by atoms with van der Waals surface area (Å²) in [5, 5.41) is 9.40. The third-order valence-corrected chi connectivity index (χ3v) is 6.69. The number of nitrogens with one attached hydrogen (secondary N) is 5. The summed E-state index contributed by atoms with van der Waals surface area (Å²) in [6.45, 7) is 4.55. The van der Waals surface area contributed by atoms with Crippen LogP contribution >= 0.6 is 0 Å². The number of piperazine rings is 1. The van der Waals surface area contributed by atoms with Gasteiger partial charge in [0, 0.05) is 39.0 Å². The first-order valence-electron chi connectivity index (χ1n) is 13.7. The quantitative estimate of drug-likeness (QED) is 0.234. The molecule has 1 aliphatic heterocycles. The SMILES string of the molecule is CCC(=O)N[C@H](Cc1ccc(NC(=O)[C@H](C)NC(=O)c2cnc(C(=O)NCC(F)F)[nH]2)c(F)c1)C(=O)N1CCN(C)CC1. The van der Waals surface area contributed by atoms with Crippen LogP contribution in [0.3, 0.4) is 0 Å². The molecule has 5 amide bonds. The van der Waals surface area contributed by atoms with Crippen molar-refractivity contribution >= 4 is 35.2 Å². The van der Waals surface area contributed by atoms with Crippen LogP contribution in [0.15, 0.2) is 24.4 Å². The minimum Gasteiger partial charge on any atom is -0.344 e. The van der Waals surface area contributed by atoms with Gasteiger partial charge in [-0.1, -0.05) is 13.0 Å². The fraction of sp³-hybridized carbons (Fsp3) is 0.481. The number of H-pyrrole nitrogens is 1. The number of rotatable bonds is 12. The Morgan fingerprint density at radius 2 is 1.74 bits per heavy atom. The Labute approximate surface area is 246 Å². The highest BCUT2D eigenvalue weighted by atomic mass is 19.3. The molecule has 2 aromatic rings. The molecule has 1 saturated heterocycles. The van der Waals surface area contributed by atoms with Crippen LogP contribution < -0.4 is 21.3 Å². The molecule has 16 heteroatoms. The van der Waals surface area contributed by atoms with Gasteiger partial charge in [0.05, 0.1) is 18.4 Å². The van der Waals surface area contributed by atoms with Gasteiger partial charge >= 0.3 is 0 Å². The predicted octanol–water partition coefficient (Wildman–Crippen LogP) is 0.512. The van der Waals surface area contributed by atoms with E-state index in [2.05, 4.69) is 30.8 Å². The van der Waals surface area contributed by atoms with Crippen molar-refractivity contribution < 1.29 is 37.1 Å². The van der Waals surface area contributed by atoms with Crippen LogP contribution in [0.25, 0.3) is 0 Å². The van der Waals surface area contributed by atoms with Gasteiger partial charge in [-0.05, 0) is 31.7 Å². The molecule has 5 N–H and O–H groups in total. The second kappa shape index (κ2) is 15.1. The molecule has 1 aromatic carbocycles. The van der Waals surface area contributed by atoms with Gasteiger partial charge in [0.25, 0.3) is 18.2 Å². The van der Waals surface area contributed by atoms with E-state index >= 15 is 0 Å². The second-order valence-corrected chi connectivity index (χ2v) is 10.1. The average Bonchev–Trinajstić information content (AvgIpc) is 3.47. The highest BCUT2D eigenvalue weighted by molar-refractivity contribution is 6.01. The Morgan fingerprint density at radius 1 is 1.05 bits per heavy atom. The van der Waals surface area contributed by atoms with Crippen LogP contribution in [0, 0.1) is 5.82 Å².